The van der Waals surface area contributed by atoms with Gasteiger partial charge in [-0.15, -0.1) is 23.2 Å². The number of alkyl halides is 2. The fourth-order valence-corrected chi connectivity index (χ4v) is 4.84. The van der Waals surface area contributed by atoms with E-state index in [1.54, 1.807) is 22.9 Å². The van der Waals surface area contributed by atoms with Crippen LogP contribution in [-0.2, 0) is 9.30 Å². The number of hydrogen-bond donors (Lipinski definition) is 2. The Hall–Kier alpha value is -0.940. The van der Waals surface area contributed by atoms with Crippen molar-refractivity contribution in [3.05, 3.63) is 23.8 Å². The van der Waals surface area contributed by atoms with Crippen LogP contribution < -0.4 is 10.2 Å². The Morgan fingerprint density at radius 3 is 2.43 bits per heavy atom. The van der Waals surface area contributed by atoms with Gasteiger partial charge in [0.1, 0.15) is 0 Å². The summed E-state index contributed by atoms with van der Waals surface area (Å²) < 4.78 is 19.3. The lowest BCUT2D eigenvalue weighted by molar-refractivity contribution is 0.0601. The minimum absolute atomic E-state index is 0.341. The summed E-state index contributed by atoms with van der Waals surface area (Å²) in [7, 11) is -1.73. The van der Waals surface area contributed by atoms with Crippen LogP contribution in [0, 0.1) is 0 Å². The minimum atomic E-state index is -3.04. The molecular formula is C12H16Cl2N3O3P. The minimum Gasteiger partial charge on any atom is -0.465 e. The van der Waals surface area contributed by atoms with Gasteiger partial charge in [-0.2, -0.15) is 0 Å². The van der Waals surface area contributed by atoms with Gasteiger partial charge in [-0.1, -0.05) is 0 Å². The van der Waals surface area contributed by atoms with Crippen molar-refractivity contribution < 1.29 is 14.1 Å². The monoisotopic (exact) mass is 351 g/mol. The van der Waals surface area contributed by atoms with E-state index >= 15 is 0 Å². The van der Waals surface area contributed by atoms with Gasteiger partial charge < -0.3 is 14.9 Å². The number of hydrogen-bond acceptors (Lipinski definition) is 3. The molecule has 6 nitrogen and oxygen atoms in total. The topological polar surface area (TPSA) is 70.7 Å². The number of fused-ring (bicyclic) bond motifs is 1. The largest absolute Gasteiger partial charge is 0.465 e. The predicted molar refractivity (Wildman–Crippen MR) is 85.6 cm³/mol. The van der Waals surface area contributed by atoms with Gasteiger partial charge in [-0.05, 0) is 18.2 Å². The first-order valence-electron chi connectivity index (χ1n) is 6.30. The number of carbonyl (C=O) groups excluding carboxylic acids is 1. The standard InChI is InChI=1S/C12H16Cl2N3O3P/c1-20-12(18)9-2-3-10-11(8-9)16-21(19,15-10)17(6-4-13)7-5-14/h2-3,8H,4-7H2,1H3,(H2,15,16,19). The lowest BCUT2D eigenvalue weighted by Gasteiger charge is -2.27. The summed E-state index contributed by atoms with van der Waals surface area (Å²) in [4.78, 5) is 11.5. The number of esters is 1. The average Bonchev–Trinajstić information content (AvgIpc) is 2.82. The summed E-state index contributed by atoms with van der Waals surface area (Å²) in [6.45, 7) is 0.868. The Labute approximate surface area is 133 Å². The van der Waals surface area contributed by atoms with E-state index in [0.717, 1.165) is 0 Å². The van der Waals surface area contributed by atoms with Crippen LogP contribution >= 0.6 is 30.8 Å². The Morgan fingerprint density at radius 1 is 1.24 bits per heavy atom. The van der Waals surface area contributed by atoms with Crippen LogP contribution in [0.5, 0.6) is 0 Å². The maximum atomic E-state index is 13.0. The number of carbonyl (C=O) groups is 1. The zero-order chi connectivity index (χ0) is 15.5. The van der Waals surface area contributed by atoms with E-state index in [2.05, 4.69) is 14.9 Å². The number of rotatable bonds is 6. The summed E-state index contributed by atoms with van der Waals surface area (Å²) in [5.41, 5.74) is 1.65. The highest BCUT2D eigenvalue weighted by Crippen LogP contribution is 2.56. The molecule has 116 valence electrons. The molecular weight excluding hydrogens is 336 g/mol. The SMILES string of the molecule is COC(=O)c1ccc2c(c1)NP(=O)(N(CCCl)CCCl)N2. The highest BCUT2D eigenvalue weighted by molar-refractivity contribution is 7.65. The molecule has 0 saturated carbocycles. The van der Waals surface area contributed by atoms with E-state index in [9.17, 15) is 9.36 Å². The zero-order valence-corrected chi connectivity index (χ0v) is 13.8. The smallest absolute Gasteiger partial charge is 0.337 e. The van der Waals surface area contributed by atoms with Crippen LogP contribution in [0.3, 0.4) is 0 Å². The second-order valence-corrected chi connectivity index (χ2v) is 7.30. The van der Waals surface area contributed by atoms with Gasteiger partial charge in [0.05, 0.1) is 24.0 Å². The van der Waals surface area contributed by atoms with Crippen LogP contribution in [-0.4, -0.2) is 42.6 Å². The first-order chi connectivity index (χ1) is 10.0. The number of nitrogens with zero attached hydrogens (tertiary/aromatic N) is 1. The Bertz CT molecular complexity index is 579. The maximum absolute atomic E-state index is 13.0. The molecule has 1 heterocycles. The Balaban J connectivity index is 2.24. The Kier molecular flexibility index (Phi) is 5.38. The van der Waals surface area contributed by atoms with Crippen LogP contribution in [0.2, 0.25) is 0 Å². The summed E-state index contributed by atoms with van der Waals surface area (Å²) in [5.74, 6) is 0.238. The summed E-state index contributed by atoms with van der Waals surface area (Å²) >= 11 is 11.5. The first-order valence-corrected chi connectivity index (χ1v) is 9.03. The van der Waals surface area contributed by atoms with Crippen molar-refractivity contribution in [2.45, 2.75) is 0 Å². The lowest BCUT2D eigenvalue weighted by atomic mass is 10.2. The number of anilines is 2. The molecule has 1 aliphatic rings. The van der Waals surface area contributed by atoms with Gasteiger partial charge in [-0.25, -0.2) is 9.46 Å². The Morgan fingerprint density at radius 2 is 1.86 bits per heavy atom. The van der Waals surface area contributed by atoms with Crippen molar-refractivity contribution >= 4 is 48.1 Å². The van der Waals surface area contributed by atoms with Crippen molar-refractivity contribution in [3.8, 4) is 0 Å². The average molecular weight is 352 g/mol. The quantitative estimate of drug-likeness (QED) is 0.466. The number of methoxy groups -OCH3 is 1. The van der Waals surface area contributed by atoms with Crippen LogP contribution in [0.4, 0.5) is 11.4 Å². The summed E-state index contributed by atoms with van der Waals surface area (Å²) in [6.07, 6.45) is 0. The summed E-state index contributed by atoms with van der Waals surface area (Å²) in [6, 6.07) is 4.91. The molecule has 21 heavy (non-hydrogen) atoms. The molecule has 0 bridgehead atoms. The fraction of sp³-hybridized carbons (Fsp3) is 0.417. The highest BCUT2D eigenvalue weighted by Gasteiger charge is 2.36. The van der Waals surface area contributed by atoms with Gasteiger partial charge in [-0.3, -0.25) is 4.57 Å². The van der Waals surface area contributed by atoms with E-state index in [0.29, 0.717) is 41.8 Å². The van der Waals surface area contributed by atoms with Crippen molar-refractivity contribution in [2.24, 2.45) is 0 Å². The number of benzene rings is 1. The number of halogens is 2. The molecule has 0 spiro atoms. The molecule has 0 aromatic heterocycles. The first kappa shape index (κ1) is 16.4. The van der Waals surface area contributed by atoms with Gasteiger partial charge in [0.15, 0.2) is 0 Å². The van der Waals surface area contributed by atoms with E-state index < -0.39 is 13.6 Å². The maximum Gasteiger partial charge on any atom is 0.337 e. The normalized spacial score (nSPS) is 19.8. The van der Waals surface area contributed by atoms with Crippen LogP contribution in [0.1, 0.15) is 10.4 Å². The molecule has 1 unspecified atom stereocenters. The van der Waals surface area contributed by atoms with Gasteiger partial charge in [0, 0.05) is 24.8 Å². The molecule has 0 radical (unpaired) electrons. The van der Waals surface area contributed by atoms with Crippen molar-refractivity contribution in [2.75, 3.05) is 42.1 Å². The molecule has 1 aromatic carbocycles. The van der Waals surface area contributed by atoms with E-state index in [-0.39, 0.29) is 0 Å². The molecule has 0 amide bonds. The number of ether oxygens (including phenoxy) is 1. The zero-order valence-electron chi connectivity index (χ0n) is 11.4. The van der Waals surface area contributed by atoms with E-state index in [4.69, 9.17) is 23.2 Å². The van der Waals surface area contributed by atoms with E-state index in [1.165, 1.54) is 7.11 Å². The third-order valence-electron chi connectivity index (χ3n) is 3.07. The molecule has 1 aromatic rings. The third-order valence-corrected chi connectivity index (χ3v) is 5.69. The molecule has 1 atom stereocenters. The van der Waals surface area contributed by atoms with Gasteiger partial charge in [0.25, 0.3) is 0 Å². The molecule has 0 saturated heterocycles. The van der Waals surface area contributed by atoms with Crippen molar-refractivity contribution in [1.82, 2.24) is 4.67 Å². The van der Waals surface area contributed by atoms with Crippen molar-refractivity contribution in [1.29, 1.82) is 0 Å². The van der Waals surface area contributed by atoms with Crippen molar-refractivity contribution in [3.63, 3.8) is 0 Å². The van der Waals surface area contributed by atoms with E-state index in [1.807, 2.05) is 0 Å². The molecule has 0 fully saturated rings. The second-order valence-electron chi connectivity index (χ2n) is 4.38. The number of nitrogens with one attached hydrogen (secondary N) is 2. The fourth-order valence-electron chi connectivity index (χ4n) is 2.06. The molecule has 9 heteroatoms. The molecule has 2 N–H and O–H groups in total. The lowest BCUT2D eigenvalue weighted by Crippen LogP contribution is -2.29. The van der Waals surface area contributed by atoms with Crippen LogP contribution in [0.15, 0.2) is 18.2 Å². The van der Waals surface area contributed by atoms with Crippen LogP contribution in [0.25, 0.3) is 0 Å². The predicted octanol–water partition coefficient (Wildman–Crippen LogP) is 3.20. The molecule has 0 aliphatic carbocycles. The van der Waals surface area contributed by atoms with Gasteiger partial charge in [0.2, 0.25) is 0 Å². The summed E-state index contributed by atoms with van der Waals surface area (Å²) in [5, 5.41) is 5.91. The second kappa shape index (κ2) is 6.88. The third kappa shape index (κ3) is 3.46. The molecule has 1 aliphatic heterocycles. The van der Waals surface area contributed by atoms with Gasteiger partial charge >= 0.3 is 13.6 Å². The highest BCUT2D eigenvalue weighted by atomic mass is 35.5. The molecule has 2 rings (SSSR count).